The molecule has 0 radical (unpaired) electrons. The molecule has 5 nitrogen and oxygen atoms in total. The van der Waals surface area contributed by atoms with Gasteiger partial charge in [-0.25, -0.2) is 8.78 Å². The Hall–Kier alpha value is -2.06. The van der Waals surface area contributed by atoms with Gasteiger partial charge < -0.3 is 19.5 Å². The highest BCUT2D eigenvalue weighted by Crippen LogP contribution is 2.26. The molecule has 206 valence electrons. The third kappa shape index (κ3) is 10.7. The van der Waals surface area contributed by atoms with Gasteiger partial charge >= 0.3 is 5.97 Å². The van der Waals surface area contributed by atoms with Crippen molar-refractivity contribution in [3.8, 4) is 0 Å². The van der Waals surface area contributed by atoms with Crippen molar-refractivity contribution in [3.05, 3.63) is 69.2 Å². The Kier molecular flexibility index (Phi) is 13.5. The molecule has 1 heterocycles. The summed E-state index contributed by atoms with van der Waals surface area (Å²) in [6, 6.07) is 8.32. The lowest BCUT2D eigenvalue weighted by Gasteiger charge is -2.22. The van der Waals surface area contributed by atoms with E-state index >= 15 is 0 Å². The quantitative estimate of drug-likeness (QED) is 0.344. The van der Waals surface area contributed by atoms with Gasteiger partial charge in [0, 0.05) is 18.0 Å². The number of β-amino-alcohol motifs (C(OH)–C–C–N with tert-alkyl or cyclic N) is 1. The highest BCUT2D eigenvalue weighted by atomic mass is 35.5. The first-order valence-electron chi connectivity index (χ1n) is 13.0. The summed E-state index contributed by atoms with van der Waals surface area (Å²) in [5.74, 6) is -2.31. The second kappa shape index (κ2) is 16.0. The predicted octanol–water partition coefficient (Wildman–Crippen LogP) is 6.21. The van der Waals surface area contributed by atoms with E-state index in [1.165, 1.54) is 11.1 Å². The van der Waals surface area contributed by atoms with E-state index < -0.39 is 23.8 Å². The van der Waals surface area contributed by atoms with Crippen LogP contribution in [0.3, 0.4) is 0 Å². The maximum absolute atomic E-state index is 13.7. The molecule has 1 N–H and O–H groups in total. The van der Waals surface area contributed by atoms with Crippen LogP contribution in [-0.4, -0.2) is 54.9 Å². The van der Waals surface area contributed by atoms with Crippen molar-refractivity contribution in [1.29, 1.82) is 0 Å². The minimum Gasteiger partial charge on any atom is -0.466 e. The number of rotatable bonds is 11. The van der Waals surface area contributed by atoms with Gasteiger partial charge in [0.15, 0.2) is 11.6 Å². The number of hydrogen-bond acceptors (Lipinski definition) is 5. The molecule has 1 saturated heterocycles. The zero-order chi connectivity index (χ0) is 27.4. The van der Waals surface area contributed by atoms with E-state index in [-0.39, 0.29) is 32.0 Å². The maximum atomic E-state index is 13.7. The first kappa shape index (κ1) is 31.2. The molecular formula is C29H40ClF2NO4. The Morgan fingerprint density at radius 3 is 2.41 bits per heavy atom. The summed E-state index contributed by atoms with van der Waals surface area (Å²) in [6.07, 6.45) is 2.43. The van der Waals surface area contributed by atoms with Crippen molar-refractivity contribution in [3.63, 3.8) is 0 Å². The van der Waals surface area contributed by atoms with E-state index in [2.05, 4.69) is 24.8 Å². The van der Waals surface area contributed by atoms with Crippen molar-refractivity contribution < 1.29 is 28.2 Å². The molecule has 2 atom stereocenters. The molecule has 0 bridgehead atoms. The Balaban J connectivity index is 0.000000402. The molecule has 3 rings (SSSR count). The largest absolute Gasteiger partial charge is 0.466 e. The number of aliphatic hydroxyl groups is 1. The summed E-state index contributed by atoms with van der Waals surface area (Å²) in [5, 5.41) is 11.0. The number of carbonyl (C=O) groups excluding carboxylic acids is 1. The van der Waals surface area contributed by atoms with Crippen LogP contribution in [0, 0.1) is 18.6 Å². The molecule has 1 aliphatic heterocycles. The fourth-order valence-electron chi connectivity index (χ4n) is 4.30. The van der Waals surface area contributed by atoms with Gasteiger partial charge in [-0.05, 0) is 94.4 Å². The van der Waals surface area contributed by atoms with E-state index in [9.17, 15) is 18.7 Å². The maximum Gasteiger partial charge on any atom is 0.306 e. The van der Waals surface area contributed by atoms with E-state index in [4.69, 9.17) is 21.1 Å². The van der Waals surface area contributed by atoms with Crippen LogP contribution in [-0.2, 0) is 27.1 Å². The Morgan fingerprint density at radius 2 is 1.78 bits per heavy atom. The molecule has 1 aliphatic rings. The lowest BCUT2D eigenvalue weighted by Crippen LogP contribution is -2.33. The van der Waals surface area contributed by atoms with Gasteiger partial charge in [0.05, 0.1) is 25.4 Å². The van der Waals surface area contributed by atoms with Crippen LogP contribution < -0.4 is 0 Å². The predicted molar refractivity (Wildman–Crippen MR) is 143 cm³/mol. The van der Waals surface area contributed by atoms with Gasteiger partial charge in [0.25, 0.3) is 0 Å². The molecule has 2 aromatic carbocycles. The number of hydrogen-bond donors (Lipinski definition) is 1. The summed E-state index contributed by atoms with van der Waals surface area (Å²) >= 11 is 5.90. The SMILES string of the molecule is CCOC(=O)CCc1cc(F)c(F)cc1C(C)OCC(O)CN1CCCC1.CCc1cc(C)ccc1Cl. The summed E-state index contributed by atoms with van der Waals surface area (Å²) in [7, 11) is 0. The van der Waals surface area contributed by atoms with Crippen LogP contribution in [0.2, 0.25) is 5.02 Å². The second-order valence-corrected chi connectivity index (χ2v) is 9.76. The Morgan fingerprint density at radius 1 is 1.11 bits per heavy atom. The van der Waals surface area contributed by atoms with Crippen LogP contribution in [0.25, 0.3) is 0 Å². The second-order valence-electron chi connectivity index (χ2n) is 9.36. The average molecular weight is 540 g/mol. The average Bonchev–Trinajstić information content (AvgIpc) is 3.38. The van der Waals surface area contributed by atoms with Crippen molar-refractivity contribution in [2.75, 3.05) is 32.8 Å². The minimum absolute atomic E-state index is 0.0796. The lowest BCUT2D eigenvalue weighted by atomic mass is 9.98. The smallest absolute Gasteiger partial charge is 0.306 e. The standard InChI is InChI=1S/C20H29F2NO4.C9H11Cl/c1-3-26-20(25)7-6-15-10-18(21)19(22)11-17(15)14(2)27-13-16(24)12-23-8-4-5-9-23;1-3-8-6-7(2)4-5-9(8)10/h10-11,14,16,24H,3-9,12-13H2,1-2H3;4-6H,3H2,1-2H3. The highest BCUT2D eigenvalue weighted by Gasteiger charge is 2.20. The van der Waals surface area contributed by atoms with E-state index in [0.29, 0.717) is 17.7 Å². The van der Waals surface area contributed by atoms with Crippen LogP contribution in [0.1, 0.15) is 68.4 Å². The van der Waals surface area contributed by atoms with Gasteiger partial charge in [0.2, 0.25) is 0 Å². The molecular weight excluding hydrogens is 500 g/mol. The zero-order valence-corrected chi connectivity index (χ0v) is 23.1. The zero-order valence-electron chi connectivity index (χ0n) is 22.4. The molecule has 2 unspecified atom stereocenters. The third-order valence-electron chi connectivity index (χ3n) is 6.31. The molecule has 1 fully saturated rings. The molecule has 0 amide bonds. The van der Waals surface area contributed by atoms with Crippen LogP contribution in [0.4, 0.5) is 8.78 Å². The van der Waals surface area contributed by atoms with E-state index in [1.807, 2.05) is 12.1 Å². The summed E-state index contributed by atoms with van der Waals surface area (Å²) in [5.41, 5.74) is 3.50. The summed E-state index contributed by atoms with van der Waals surface area (Å²) in [6.45, 7) is 10.5. The number of likely N-dealkylation sites (tertiary alicyclic amines) is 1. The first-order chi connectivity index (χ1) is 17.6. The molecule has 0 spiro atoms. The van der Waals surface area contributed by atoms with Crippen LogP contribution in [0.15, 0.2) is 30.3 Å². The van der Waals surface area contributed by atoms with Gasteiger partial charge in [-0.2, -0.15) is 0 Å². The molecule has 37 heavy (non-hydrogen) atoms. The topological polar surface area (TPSA) is 59.0 Å². The van der Waals surface area contributed by atoms with E-state index in [1.54, 1.807) is 13.8 Å². The Labute approximate surface area is 224 Å². The number of aliphatic hydroxyl groups excluding tert-OH is 1. The number of benzene rings is 2. The summed E-state index contributed by atoms with van der Waals surface area (Å²) < 4.78 is 38.0. The number of halogens is 3. The lowest BCUT2D eigenvalue weighted by molar-refractivity contribution is -0.143. The van der Waals surface area contributed by atoms with Gasteiger partial charge in [-0.3, -0.25) is 4.79 Å². The fourth-order valence-corrected chi connectivity index (χ4v) is 4.56. The molecule has 2 aromatic rings. The van der Waals surface area contributed by atoms with Gasteiger partial charge in [-0.15, -0.1) is 0 Å². The van der Waals surface area contributed by atoms with Crippen LogP contribution in [0.5, 0.6) is 0 Å². The van der Waals surface area contributed by atoms with Crippen LogP contribution >= 0.6 is 11.6 Å². The molecule has 8 heteroatoms. The fraction of sp³-hybridized carbons (Fsp3) is 0.552. The van der Waals surface area contributed by atoms with Gasteiger partial charge in [0.1, 0.15) is 0 Å². The minimum atomic E-state index is -0.960. The molecule has 0 aromatic heterocycles. The first-order valence-corrected chi connectivity index (χ1v) is 13.4. The van der Waals surface area contributed by atoms with Crippen molar-refractivity contribution >= 4 is 17.6 Å². The number of esters is 1. The van der Waals surface area contributed by atoms with E-state index in [0.717, 1.165) is 49.5 Å². The Bertz CT molecular complexity index is 998. The van der Waals surface area contributed by atoms with Crippen molar-refractivity contribution in [2.45, 2.75) is 72.0 Å². The third-order valence-corrected chi connectivity index (χ3v) is 6.68. The van der Waals surface area contributed by atoms with Crippen molar-refractivity contribution in [1.82, 2.24) is 4.90 Å². The number of ether oxygens (including phenoxy) is 2. The number of carbonyl (C=O) groups is 1. The highest BCUT2D eigenvalue weighted by molar-refractivity contribution is 6.31. The number of aryl methyl sites for hydroxylation is 3. The normalized spacial score (nSPS) is 15.1. The van der Waals surface area contributed by atoms with Gasteiger partial charge in [-0.1, -0.05) is 36.2 Å². The molecule has 0 aliphatic carbocycles. The summed E-state index contributed by atoms with van der Waals surface area (Å²) in [4.78, 5) is 13.8. The molecule has 0 saturated carbocycles. The van der Waals surface area contributed by atoms with Crippen molar-refractivity contribution in [2.24, 2.45) is 0 Å². The monoisotopic (exact) mass is 539 g/mol. The number of nitrogens with zero attached hydrogens (tertiary/aromatic N) is 1.